The molecule has 2 aromatic rings. The highest BCUT2D eigenvalue weighted by molar-refractivity contribution is 5.63. The molecule has 0 radical (unpaired) electrons. The first-order chi connectivity index (χ1) is 9.32. The molecule has 2 heterocycles. The molecule has 0 fully saturated rings. The summed E-state index contributed by atoms with van der Waals surface area (Å²) in [4.78, 5) is 6.67. The highest BCUT2D eigenvalue weighted by Gasteiger charge is 2.36. The van der Waals surface area contributed by atoms with E-state index in [1.165, 1.54) is 6.07 Å². The van der Waals surface area contributed by atoms with Gasteiger partial charge in [0.1, 0.15) is 5.82 Å². The van der Waals surface area contributed by atoms with Crippen LogP contribution in [0.3, 0.4) is 0 Å². The predicted octanol–water partition coefficient (Wildman–Crippen LogP) is 2.90. The number of rotatable bonds is 2. The van der Waals surface area contributed by atoms with Crippen LogP contribution in [0.4, 0.5) is 22.0 Å². The second-order valence-electron chi connectivity index (χ2n) is 3.91. The van der Waals surface area contributed by atoms with E-state index < -0.39 is 23.5 Å². The highest BCUT2D eigenvalue weighted by Crippen LogP contribution is 2.32. The maximum Gasteiger partial charge on any atom is 0.436 e. The minimum Gasteiger partial charge on any atom is -0.325 e. The zero-order chi connectivity index (χ0) is 14.9. The molecule has 0 spiro atoms. The van der Waals surface area contributed by atoms with Crippen molar-refractivity contribution in [2.24, 2.45) is 5.73 Å². The van der Waals surface area contributed by atoms with Crippen molar-refractivity contribution in [3.05, 3.63) is 47.5 Å². The minimum atomic E-state index is -4.90. The Morgan fingerprint density at radius 2 is 1.70 bits per heavy atom. The van der Waals surface area contributed by atoms with Crippen molar-refractivity contribution in [1.29, 1.82) is 0 Å². The number of aromatic nitrogens is 2. The molecule has 0 saturated carbocycles. The van der Waals surface area contributed by atoms with Crippen molar-refractivity contribution in [3.8, 4) is 11.1 Å². The van der Waals surface area contributed by atoms with E-state index in [4.69, 9.17) is 5.73 Å². The molecule has 0 amide bonds. The molecular weight excluding hydrogens is 281 g/mol. The molecule has 0 aromatic carbocycles. The summed E-state index contributed by atoms with van der Waals surface area (Å²) >= 11 is 0. The Hall–Kier alpha value is -2.09. The third kappa shape index (κ3) is 2.74. The molecule has 8 heteroatoms. The number of hydrogen-bond donors (Lipinski definition) is 1. The van der Waals surface area contributed by atoms with Gasteiger partial charge in [-0.2, -0.15) is 13.2 Å². The number of nitrogens with two attached hydrogens (primary N) is 1. The van der Waals surface area contributed by atoms with Crippen molar-refractivity contribution in [2.45, 2.75) is 12.7 Å². The van der Waals surface area contributed by atoms with Gasteiger partial charge >= 0.3 is 6.18 Å². The van der Waals surface area contributed by atoms with Crippen LogP contribution in [0, 0.1) is 11.6 Å². The normalized spacial score (nSPS) is 11.7. The molecule has 20 heavy (non-hydrogen) atoms. The van der Waals surface area contributed by atoms with E-state index in [1.54, 1.807) is 0 Å². The lowest BCUT2D eigenvalue weighted by Gasteiger charge is -2.09. The van der Waals surface area contributed by atoms with Crippen LogP contribution in [0.2, 0.25) is 0 Å². The van der Waals surface area contributed by atoms with E-state index in [0.717, 1.165) is 12.4 Å². The van der Waals surface area contributed by atoms with Gasteiger partial charge in [-0.3, -0.25) is 4.98 Å². The van der Waals surface area contributed by atoms with E-state index in [0.29, 0.717) is 11.8 Å². The second-order valence-corrected chi connectivity index (χ2v) is 3.91. The fraction of sp³-hybridized carbons (Fsp3) is 0.167. The summed E-state index contributed by atoms with van der Waals surface area (Å²) in [5.41, 5.74) is 3.78. The summed E-state index contributed by atoms with van der Waals surface area (Å²) in [5, 5.41) is 0. The molecule has 0 aliphatic carbocycles. The average Bonchev–Trinajstić information content (AvgIpc) is 2.37. The number of nitrogens with zero attached hydrogens (tertiary/aromatic N) is 2. The van der Waals surface area contributed by atoms with Crippen LogP contribution >= 0.6 is 0 Å². The van der Waals surface area contributed by atoms with E-state index >= 15 is 0 Å². The standard InChI is InChI=1S/C12H8F5N3/c13-9-1-6(4-20-11(9)12(15,16)17)8-2-7(3-18)19-5-10(8)14/h1-2,4-5H,3,18H2. The average molecular weight is 289 g/mol. The number of alkyl halides is 3. The van der Waals surface area contributed by atoms with Crippen LogP contribution in [0.1, 0.15) is 11.4 Å². The molecule has 2 rings (SSSR count). The van der Waals surface area contributed by atoms with Crippen LogP contribution in [0.25, 0.3) is 11.1 Å². The molecule has 0 aliphatic rings. The summed E-state index contributed by atoms with van der Waals surface area (Å²) in [5.74, 6) is -2.37. The van der Waals surface area contributed by atoms with Gasteiger partial charge in [0.2, 0.25) is 0 Å². The van der Waals surface area contributed by atoms with Crippen LogP contribution < -0.4 is 5.73 Å². The molecule has 0 aliphatic heterocycles. The first kappa shape index (κ1) is 14.3. The Labute approximate surface area is 110 Å². The Morgan fingerprint density at radius 3 is 2.25 bits per heavy atom. The maximum atomic E-state index is 13.6. The van der Waals surface area contributed by atoms with Crippen molar-refractivity contribution in [1.82, 2.24) is 9.97 Å². The third-order valence-electron chi connectivity index (χ3n) is 2.54. The first-order valence-corrected chi connectivity index (χ1v) is 5.40. The Morgan fingerprint density at radius 1 is 1.00 bits per heavy atom. The molecule has 0 saturated heterocycles. The zero-order valence-electron chi connectivity index (χ0n) is 9.88. The molecule has 0 unspecified atom stereocenters. The van der Waals surface area contributed by atoms with Crippen LogP contribution in [-0.4, -0.2) is 9.97 Å². The van der Waals surface area contributed by atoms with E-state index in [9.17, 15) is 22.0 Å². The summed E-state index contributed by atoms with van der Waals surface area (Å²) in [6, 6.07) is 1.81. The summed E-state index contributed by atoms with van der Waals surface area (Å²) in [6.45, 7) is 0.0177. The minimum absolute atomic E-state index is 0.0177. The van der Waals surface area contributed by atoms with Gasteiger partial charge in [-0.05, 0) is 12.1 Å². The molecular formula is C12H8F5N3. The van der Waals surface area contributed by atoms with Crippen molar-refractivity contribution < 1.29 is 22.0 Å². The quantitative estimate of drug-likeness (QED) is 0.865. The Kier molecular flexibility index (Phi) is 3.67. The third-order valence-corrected chi connectivity index (χ3v) is 2.54. The van der Waals surface area contributed by atoms with Gasteiger partial charge in [0.05, 0.1) is 11.9 Å². The highest BCUT2D eigenvalue weighted by atomic mass is 19.4. The molecule has 0 atom stereocenters. The van der Waals surface area contributed by atoms with Crippen LogP contribution in [-0.2, 0) is 12.7 Å². The monoisotopic (exact) mass is 289 g/mol. The fourth-order valence-electron chi connectivity index (χ4n) is 1.61. The van der Waals surface area contributed by atoms with E-state index in [1.807, 2.05) is 0 Å². The molecule has 3 nitrogen and oxygen atoms in total. The fourth-order valence-corrected chi connectivity index (χ4v) is 1.61. The number of hydrogen-bond acceptors (Lipinski definition) is 3. The number of pyridine rings is 2. The van der Waals surface area contributed by atoms with Gasteiger partial charge in [0.15, 0.2) is 11.5 Å². The molecule has 0 bridgehead atoms. The summed E-state index contributed by atoms with van der Waals surface area (Å²) in [6.07, 6.45) is -3.28. The Balaban J connectivity index is 2.52. The lowest BCUT2D eigenvalue weighted by atomic mass is 10.1. The lowest BCUT2D eigenvalue weighted by Crippen LogP contribution is -2.11. The topological polar surface area (TPSA) is 51.8 Å². The van der Waals surface area contributed by atoms with Crippen molar-refractivity contribution in [3.63, 3.8) is 0 Å². The van der Waals surface area contributed by atoms with Crippen molar-refractivity contribution in [2.75, 3.05) is 0 Å². The SMILES string of the molecule is NCc1cc(-c2cnc(C(F)(F)F)c(F)c2)c(F)cn1. The van der Waals surface area contributed by atoms with Gasteiger partial charge in [0, 0.05) is 23.9 Å². The lowest BCUT2D eigenvalue weighted by molar-refractivity contribution is -0.143. The molecule has 2 aromatic heterocycles. The predicted molar refractivity (Wildman–Crippen MR) is 60.3 cm³/mol. The van der Waals surface area contributed by atoms with E-state index in [2.05, 4.69) is 9.97 Å². The van der Waals surface area contributed by atoms with Crippen molar-refractivity contribution >= 4 is 0 Å². The smallest absolute Gasteiger partial charge is 0.325 e. The first-order valence-electron chi connectivity index (χ1n) is 5.40. The summed E-state index contributed by atoms with van der Waals surface area (Å²) < 4.78 is 64.1. The molecule has 2 N–H and O–H groups in total. The van der Waals surface area contributed by atoms with Gasteiger partial charge in [-0.1, -0.05) is 0 Å². The van der Waals surface area contributed by atoms with E-state index in [-0.39, 0.29) is 17.7 Å². The van der Waals surface area contributed by atoms with Gasteiger partial charge in [-0.25, -0.2) is 13.8 Å². The van der Waals surface area contributed by atoms with Crippen LogP contribution in [0.5, 0.6) is 0 Å². The largest absolute Gasteiger partial charge is 0.436 e. The number of halogens is 5. The van der Waals surface area contributed by atoms with Crippen LogP contribution in [0.15, 0.2) is 24.5 Å². The van der Waals surface area contributed by atoms with Gasteiger partial charge in [0.25, 0.3) is 0 Å². The maximum absolute atomic E-state index is 13.6. The zero-order valence-corrected chi connectivity index (χ0v) is 9.88. The molecule has 106 valence electrons. The van der Waals surface area contributed by atoms with Gasteiger partial charge < -0.3 is 5.73 Å². The Bertz CT molecular complexity index is 639. The summed E-state index contributed by atoms with van der Waals surface area (Å²) in [7, 11) is 0. The van der Waals surface area contributed by atoms with Gasteiger partial charge in [-0.15, -0.1) is 0 Å². The second kappa shape index (κ2) is 5.12.